The third-order valence-electron chi connectivity index (χ3n) is 2.32. The second-order valence-electron chi connectivity index (χ2n) is 3.46. The molecule has 5 heteroatoms. The monoisotopic (exact) mass is 205 g/mol. The Morgan fingerprint density at radius 2 is 2.47 bits per heavy atom. The standard InChI is InChI=1S/C10H15N5/c1-15-5-4-13-10(15)2-3-11-6-9-7-12-8-14-9/h4-5,7-8,11H,2-3,6H2,1H3,(H,12,14). The van der Waals surface area contributed by atoms with Crippen LogP contribution in [-0.4, -0.2) is 26.1 Å². The predicted molar refractivity (Wildman–Crippen MR) is 57.2 cm³/mol. The molecule has 2 N–H and O–H groups in total. The number of hydrogen-bond donors (Lipinski definition) is 2. The van der Waals surface area contributed by atoms with Gasteiger partial charge in [0.05, 0.1) is 6.33 Å². The van der Waals surface area contributed by atoms with E-state index in [2.05, 4.69) is 20.3 Å². The first-order valence-electron chi connectivity index (χ1n) is 5.00. The fourth-order valence-corrected chi connectivity index (χ4v) is 1.44. The van der Waals surface area contributed by atoms with Gasteiger partial charge in [-0.15, -0.1) is 0 Å². The second-order valence-corrected chi connectivity index (χ2v) is 3.46. The van der Waals surface area contributed by atoms with Crippen molar-refractivity contribution in [1.82, 2.24) is 24.8 Å². The molecule has 0 saturated heterocycles. The molecule has 2 aromatic heterocycles. The summed E-state index contributed by atoms with van der Waals surface area (Å²) in [4.78, 5) is 11.3. The summed E-state index contributed by atoms with van der Waals surface area (Å²) in [5.41, 5.74) is 1.11. The Hall–Kier alpha value is -1.62. The molecule has 2 rings (SSSR count). The molecule has 0 aliphatic heterocycles. The van der Waals surface area contributed by atoms with Gasteiger partial charge in [-0.3, -0.25) is 0 Å². The minimum atomic E-state index is 0.824. The van der Waals surface area contributed by atoms with Crippen molar-refractivity contribution >= 4 is 0 Å². The lowest BCUT2D eigenvalue weighted by Crippen LogP contribution is -2.18. The summed E-state index contributed by atoms with van der Waals surface area (Å²) in [6.07, 6.45) is 8.25. The Morgan fingerprint density at radius 1 is 1.53 bits per heavy atom. The van der Waals surface area contributed by atoms with Crippen LogP contribution in [0, 0.1) is 0 Å². The highest BCUT2D eigenvalue weighted by Crippen LogP contribution is 1.95. The number of nitrogens with zero attached hydrogens (tertiary/aromatic N) is 3. The number of aromatic nitrogens is 4. The molecule has 80 valence electrons. The average Bonchev–Trinajstić information content (AvgIpc) is 2.85. The van der Waals surface area contributed by atoms with Gasteiger partial charge in [0.15, 0.2) is 0 Å². The molecule has 0 amide bonds. The van der Waals surface area contributed by atoms with Crippen molar-refractivity contribution in [1.29, 1.82) is 0 Å². The molecule has 0 aliphatic rings. The Morgan fingerprint density at radius 3 is 3.13 bits per heavy atom. The highest BCUT2D eigenvalue weighted by atomic mass is 15.0. The molecular weight excluding hydrogens is 190 g/mol. The highest BCUT2D eigenvalue weighted by molar-refractivity contribution is 4.94. The molecule has 2 aromatic rings. The van der Waals surface area contributed by atoms with Gasteiger partial charge in [-0.1, -0.05) is 0 Å². The van der Waals surface area contributed by atoms with E-state index in [0.29, 0.717) is 0 Å². The number of aromatic amines is 1. The van der Waals surface area contributed by atoms with Crippen molar-refractivity contribution in [2.24, 2.45) is 7.05 Å². The van der Waals surface area contributed by atoms with E-state index >= 15 is 0 Å². The summed E-state index contributed by atoms with van der Waals surface area (Å²) in [7, 11) is 2.01. The number of nitrogens with one attached hydrogen (secondary N) is 2. The minimum absolute atomic E-state index is 0.824. The first-order valence-corrected chi connectivity index (χ1v) is 5.00. The first-order chi connectivity index (χ1) is 7.36. The molecule has 0 bridgehead atoms. The summed E-state index contributed by atoms with van der Waals surface area (Å²) < 4.78 is 2.04. The van der Waals surface area contributed by atoms with Crippen LogP contribution in [0.5, 0.6) is 0 Å². The molecule has 0 atom stereocenters. The molecule has 5 nitrogen and oxygen atoms in total. The van der Waals surface area contributed by atoms with Crippen LogP contribution in [0.1, 0.15) is 11.5 Å². The smallest absolute Gasteiger partial charge is 0.109 e. The van der Waals surface area contributed by atoms with E-state index in [1.807, 2.05) is 30.2 Å². The number of imidazole rings is 2. The van der Waals surface area contributed by atoms with Crippen LogP contribution in [0.2, 0.25) is 0 Å². The molecule has 0 aromatic carbocycles. The van der Waals surface area contributed by atoms with E-state index in [4.69, 9.17) is 0 Å². The largest absolute Gasteiger partial charge is 0.347 e. The minimum Gasteiger partial charge on any atom is -0.347 e. The van der Waals surface area contributed by atoms with Crippen LogP contribution in [0.15, 0.2) is 24.9 Å². The van der Waals surface area contributed by atoms with Gasteiger partial charge in [0.1, 0.15) is 5.82 Å². The molecular formula is C10H15N5. The van der Waals surface area contributed by atoms with Crippen molar-refractivity contribution in [3.63, 3.8) is 0 Å². The number of aryl methyl sites for hydroxylation is 1. The zero-order valence-electron chi connectivity index (χ0n) is 8.77. The third-order valence-corrected chi connectivity index (χ3v) is 2.32. The van der Waals surface area contributed by atoms with Gasteiger partial charge >= 0.3 is 0 Å². The quantitative estimate of drug-likeness (QED) is 0.698. The fraction of sp³-hybridized carbons (Fsp3) is 0.400. The van der Waals surface area contributed by atoms with Crippen molar-refractivity contribution in [2.75, 3.05) is 6.54 Å². The van der Waals surface area contributed by atoms with Crippen LogP contribution in [0.25, 0.3) is 0 Å². The molecule has 0 unspecified atom stereocenters. The third kappa shape index (κ3) is 2.66. The van der Waals surface area contributed by atoms with Gasteiger partial charge in [-0.25, -0.2) is 9.97 Å². The maximum Gasteiger partial charge on any atom is 0.109 e. The lowest BCUT2D eigenvalue weighted by atomic mass is 10.4. The number of rotatable bonds is 5. The van der Waals surface area contributed by atoms with Crippen molar-refractivity contribution in [3.05, 3.63) is 36.4 Å². The second kappa shape index (κ2) is 4.75. The van der Waals surface area contributed by atoms with E-state index in [0.717, 1.165) is 31.0 Å². The molecule has 2 heterocycles. The topological polar surface area (TPSA) is 58.5 Å². The van der Waals surface area contributed by atoms with Crippen LogP contribution >= 0.6 is 0 Å². The van der Waals surface area contributed by atoms with Gasteiger partial charge in [-0.2, -0.15) is 0 Å². The lowest BCUT2D eigenvalue weighted by molar-refractivity contribution is 0.648. The normalized spacial score (nSPS) is 10.7. The Kier molecular flexibility index (Phi) is 3.14. The van der Waals surface area contributed by atoms with Crippen LogP contribution in [0.3, 0.4) is 0 Å². The zero-order valence-corrected chi connectivity index (χ0v) is 8.77. The lowest BCUT2D eigenvalue weighted by Gasteiger charge is -2.03. The summed E-state index contributed by atoms with van der Waals surface area (Å²) in [6, 6.07) is 0. The summed E-state index contributed by atoms with van der Waals surface area (Å²) in [5, 5.41) is 3.33. The highest BCUT2D eigenvalue weighted by Gasteiger charge is 1.98. The number of hydrogen-bond acceptors (Lipinski definition) is 3. The zero-order chi connectivity index (χ0) is 10.5. The predicted octanol–water partition coefficient (Wildman–Crippen LogP) is 0.475. The van der Waals surface area contributed by atoms with Crippen LogP contribution < -0.4 is 5.32 Å². The maximum atomic E-state index is 4.25. The molecule has 0 saturated carbocycles. The SMILES string of the molecule is Cn1ccnc1CCNCc1cnc[nH]1. The molecule has 0 fully saturated rings. The molecule has 0 spiro atoms. The van der Waals surface area contributed by atoms with Crippen LogP contribution in [-0.2, 0) is 20.0 Å². The molecule has 0 radical (unpaired) electrons. The average molecular weight is 205 g/mol. The number of H-pyrrole nitrogens is 1. The fourth-order valence-electron chi connectivity index (χ4n) is 1.44. The van der Waals surface area contributed by atoms with E-state index in [-0.39, 0.29) is 0 Å². The van der Waals surface area contributed by atoms with Crippen molar-refractivity contribution < 1.29 is 0 Å². The summed E-state index contributed by atoms with van der Waals surface area (Å²) >= 11 is 0. The van der Waals surface area contributed by atoms with Crippen LogP contribution in [0.4, 0.5) is 0 Å². The van der Waals surface area contributed by atoms with Gasteiger partial charge in [-0.05, 0) is 0 Å². The molecule has 15 heavy (non-hydrogen) atoms. The van der Waals surface area contributed by atoms with Crippen molar-refractivity contribution in [2.45, 2.75) is 13.0 Å². The summed E-state index contributed by atoms with van der Waals surface area (Å²) in [6.45, 7) is 1.74. The van der Waals surface area contributed by atoms with Gasteiger partial charge in [0, 0.05) is 50.8 Å². The maximum absolute atomic E-state index is 4.25. The van der Waals surface area contributed by atoms with E-state index in [1.54, 1.807) is 6.33 Å². The Balaban J connectivity index is 1.70. The molecule has 0 aliphatic carbocycles. The first kappa shape index (κ1) is 9.92. The van der Waals surface area contributed by atoms with Gasteiger partial charge in [0.25, 0.3) is 0 Å². The van der Waals surface area contributed by atoms with Gasteiger partial charge in [0.2, 0.25) is 0 Å². The van der Waals surface area contributed by atoms with E-state index < -0.39 is 0 Å². The van der Waals surface area contributed by atoms with E-state index in [9.17, 15) is 0 Å². The Labute approximate surface area is 88.6 Å². The Bertz CT molecular complexity index is 390. The van der Waals surface area contributed by atoms with E-state index in [1.165, 1.54) is 0 Å². The summed E-state index contributed by atoms with van der Waals surface area (Å²) in [5.74, 6) is 1.10. The van der Waals surface area contributed by atoms with Crippen molar-refractivity contribution in [3.8, 4) is 0 Å². The van der Waals surface area contributed by atoms with Gasteiger partial charge < -0.3 is 14.9 Å².